The van der Waals surface area contributed by atoms with Crippen LogP contribution < -0.4 is 11.3 Å². The fourth-order valence-electron chi connectivity index (χ4n) is 0.702. The summed E-state index contributed by atoms with van der Waals surface area (Å²) in [4.78, 5) is 24.0. The molecule has 68 valence electrons. The van der Waals surface area contributed by atoms with Crippen molar-refractivity contribution in [2.24, 2.45) is 5.84 Å². The number of nitrogens with two attached hydrogens (primary N) is 1. The van der Waals surface area contributed by atoms with Gasteiger partial charge in [0.05, 0.1) is 4.92 Å². The molecule has 0 aliphatic heterocycles. The molecule has 0 aliphatic rings. The van der Waals surface area contributed by atoms with Gasteiger partial charge in [-0.25, -0.2) is 10.8 Å². The van der Waals surface area contributed by atoms with Crippen LogP contribution in [0.2, 0.25) is 0 Å². The van der Waals surface area contributed by atoms with Gasteiger partial charge in [0.1, 0.15) is 11.9 Å². The van der Waals surface area contributed by atoms with E-state index in [2.05, 4.69) is 4.98 Å². The lowest BCUT2D eigenvalue weighted by Crippen LogP contribution is -2.30. The molecule has 0 unspecified atom stereocenters. The van der Waals surface area contributed by atoms with Gasteiger partial charge in [0, 0.05) is 6.07 Å². The first-order valence-electron chi connectivity index (χ1n) is 3.26. The van der Waals surface area contributed by atoms with Crippen LogP contribution in [0.4, 0.5) is 5.69 Å². The molecule has 3 N–H and O–H groups in total. The van der Waals surface area contributed by atoms with Crippen LogP contribution in [0.3, 0.4) is 0 Å². The minimum absolute atomic E-state index is 0.0353. The van der Waals surface area contributed by atoms with Crippen molar-refractivity contribution in [3.63, 3.8) is 0 Å². The van der Waals surface area contributed by atoms with Gasteiger partial charge >= 0.3 is 0 Å². The number of nitro groups is 1. The van der Waals surface area contributed by atoms with Crippen molar-refractivity contribution in [3.05, 3.63) is 34.1 Å². The Morgan fingerprint density at radius 2 is 2.31 bits per heavy atom. The van der Waals surface area contributed by atoms with Crippen LogP contribution in [0.5, 0.6) is 0 Å². The maximum Gasteiger partial charge on any atom is 0.287 e. The number of pyridine rings is 1. The zero-order valence-corrected chi connectivity index (χ0v) is 6.43. The standard InChI is InChI=1S/C6H6N4O3/c7-9-6(11)5-2-1-4(3-8-5)10(12)13/h1-3H,7H2,(H,9,11). The molecule has 1 heterocycles. The maximum atomic E-state index is 10.8. The van der Waals surface area contributed by atoms with Crippen LogP contribution >= 0.6 is 0 Å². The number of amides is 1. The van der Waals surface area contributed by atoms with Crippen LogP contribution in [-0.4, -0.2) is 15.8 Å². The van der Waals surface area contributed by atoms with E-state index in [9.17, 15) is 14.9 Å². The topological polar surface area (TPSA) is 111 Å². The molecule has 0 aliphatic carbocycles. The van der Waals surface area contributed by atoms with Crippen LogP contribution in [0, 0.1) is 10.1 Å². The lowest BCUT2D eigenvalue weighted by Gasteiger charge is -1.96. The lowest BCUT2D eigenvalue weighted by molar-refractivity contribution is -0.385. The molecule has 0 fully saturated rings. The highest BCUT2D eigenvalue weighted by molar-refractivity contribution is 5.91. The summed E-state index contributed by atoms with van der Waals surface area (Å²) >= 11 is 0. The van der Waals surface area contributed by atoms with Crippen LogP contribution in [0.25, 0.3) is 0 Å². The Morgan fingerprint density at radius 1 is 1.62 bits per heavy atom. The highest BCUT2D eigenvalue weighted by Crippen LogP contribution is 2.08. The predicted octanol–water partition coefficient (Wildman–Crippen LogP) is -0.407. The second kappa shape index (κ2) is 3.59. The van der Waals surface area contributed by atoms with Crippen molar-refractivity contribution in [3.8, 4) is 0 Å². The maximum absolute atomic E-state index is 10.8. The molecular formula is C6H6N4O3. The summed E-state index contributed by atoms with van der Waals surface area (Å²) in [7, 11) is 0. The van der Waals surface area contributed by atoms with Gasteiger partial charge in [-0.15, -0.1) is 0 Å². The number of nitrogens with zero attached hydrogens (tertiary/aromatic N) is 2. The smallest absolute Gasteiger partial charge is 0.287 e. The molecule has 1 aromatic rings. The van der Waals surface area contributed by atoms with E-state index in [4.69, 9.17) is 5.84 Å². The first-order chi connectivity index (χ1) is 6.15. The SMILES string of the molecule is NNC(=O)c1ccc([N+](=O)[O-])cn1. The summed E-state index contributed by atoms with van der Waals surface area (Å²) in [6.07, 6.45) is 0.991. The molecule has 1 rings (SSSR count). The summed E-state index contributed by atoms with van der Waals surface area (Å²) in [5.74, 6) is 4.24. The average molecular weight is 182 g/mol. The number of nitrogens with one attached hydrogen (secondary N) is 1. The zero-order chi connectivity index (χ0) is 9.84. The third kappa shape index (κ3) is 1.97. The molecule has 13 heavy (non-hydrogen) atoms. The third-order valence-electron chi connectivity index (χ3n) is 1.32. The molecule has 0 radical (unpaired) electrons. The van der Waals surface area contributed by atoms with Gasteiger partial charge in [0.25, 0.3) is 11.6 Å². The number of nitrogen functional groups attached to an aromatic ring is 1. The number of hydrogen-bond acceptors (Lipinski definition) is 5. The molecule has 0 bridgehead atoms. The van der Waals surface area contributed by atoms with E-state index in [1.165, 1.54) is 12.1 Å². The Hall–Kier alpha value is -2.02. The predicted molar refractivity (Wildman–Crippen MR) is 42.5 cm³/mol. The van der Waals surface area contributed by atoms with Crippen LogP contribution in [0.15, 0.2) is 18.3 Å². The van der Waals surface area contributed by atoms with Gasteiger partial charge < -0.3 is 0 Å². The van der Waals surface area contributed by atoms with Crippen molar-refractivity contribution in [2.45, 2.75) is 0 Å². The van der Waals surface area contributed by atoms with Gasteiger partial charge in [-0.2, -0.15) is 0 Å². The molecule has 0 saturated carbocycles. The van der Waals surface area contributed by atoms with E-state index in [-0.39, 0.29) is 11.4 Å². The minimum Gasteiger partial charge on any atom is -0.289 e. The molecule has 7 nitrogen and oxygen atoms in total. The van der Waals surface area contributed by atoms with Crippen molar-refractivity contribution in [1.29, 1.82) is 0 Å². The summed E-state index contributed by atoms with van der Waals surface area (Å²) in [6.45, 7) is 0. The summed E-state index contributed by atoms with van der Waals surface area (Å²) in [6, 6.07) is 2.40. The first kappa shape index (κ1) is 9.07. The van der Waals surface area contributed by atoms with Gasteiger partial charge in [0.2, 0.25) is 0 Å². The molecule has 7 heteroatoms. The highest BCUT2D eigenvalue weighted by Gasteiger charge is 2.08. The fraction of sp³-hybridized carbons (Fsp3) is 0. The average Bonchev–Trinajstić information content (AvgIpc) is 2.17. The van der Waals surface area contributed by atoms with Gasteiger partial charge in [0.15, 0.2) is 0 Å². The summed E-state index contributed by atoms with van der Waals surface area (Å²) in [5, 5.41) is 10.2. The normalized spacial score (nSPS) is 9.31. The first-order valence-corrected chi connectivity index (χ1v) is 3.26. The number of carbonyl (C=O) groups is 1. The number of rotatable bonds is 2. The number of hydrogen-bond donors (Lipinski definition) is 2. The summed E-state index contributed by atoms with van der Waals surface area (Å²) < 4.78 is 0. The van der Waals surface area contributed by atoms with Crippen LogP contribution in [0.1, 0.15) is 10.5 Å². The van der Waals surface area contributed by atoms with Crippen molar-refractivity contribution >= 4 is 11.6 Å². The van der Waals surface area contributed by atoms with Crippen molar-refractivity contribution in [2.75, 3.05) is 0 Å². The Balaban J connectivity index is 2.93. The van der Waals surface area contributed by atoms with E-state index in [0.29, 0.717) is 0 Å². The van der Waals surface area contributed by atoms with E-state index < -0.39 is 10.8 Å². The fourth-order valence-corrected chi connectivity index (χ4v) is 0.702. The minimum atomic E-state index is -0.600. The molecule has 0 atom stereocenters. The van der Waals surface area contributed by atoms with E-state index in [0.717, 1.165) is 6.20 Å². The molecule has 0 aromatic carbocycles. The second-order valence-electron chi connectivity index (χ2n) is 2.13. The van der Waals surface area contributed by atoms with Crippen molar-refractivity contribution < 1.29 is 9.72 Å². The molecule has 0 spiro atoms. The zero-order valence-electron chi connectivity index (χ0n) is 6.43. The molecular weight excluding hydrogens is 176 g/mol. The Bertz CT molecular complexity index is 334. The number of carbonyl (C=O) groups excluding carboxylic acids is 1. The number of aromatic nitrogens is 1. The third-order valence-corrected chi connectivity index (χ3v) is 1.32. The van der Waals surface area contributed by atoms with Gasteiger partial charge in [-0.05, 0) is 6.07 Å². The van der Waals surface area contributed by atoms with Crippen molar-refractivity contribution in [1.82, 2.24) is 10.4 Å². The Kier molecular flexibility index (Phi) is 2.50. The molecule has 1 amide bonds. The largest absolute Gasteiger partial charge is 0.289 e. The Morgan fingerprint density at radius 3 is 2.69 bits per heavy atom. The highest BCUT2D eigenvalue weighted by atomic mass is 16.6. The number of hydrazine groups is 1. The molecule has 1 aromatic heterocycles. The van der Waals surface area contributed by atoms with Crippen LogP contribution in [-0.2, 0) is 0 Å². The van der Waals surface area contributed by atoms with E-state index in [1.54, 1.807) is 0 Å². The second-order valence-corrected chi connectivity index (χ2v) is 2.13. The summed E-state index contributed by atoms with van der Waals surface area (Å²) in [5.41, 5.74) is 1.72. The monoisotopic (exact) mass is 182 g/mol. The van der Waals surface area contributed by atoms with E-state index >= 15 is 0 Å². The lowest BCUT2D eigenvalue weighted by atomic mass is 10.3. The van der Waals surface area contributed by atoms with E-state index in [1.807, 2.05) is 5.43 Å². The quantitative estimate of drug-likeness (QED) is 0.279. The van der Waals surface area contributed by atoms with Gasteiger partial charge in [-0.3, -0.25) is 20.3 Å². The molecule has 0 saturated heterocycles. The van der Waals surface area contributed by atoms with Gasteiger partial charge in [-0.1, -0.05) is 0 Å². The Labute approximate surface area is 72.7 Å².